The summed E-state index contributed by atoms with van der Waals surface area (Å²) in [4.78, 5) is 0. The van der Waals surface area contributed by atoms with Gasteiger partial charge in [0.05, 0.1) is 29.3 Å². The molecule has 0 spiro atoms. The lowest BCUT2D eigenvalue weighted by atomic mass is 9.99. The highest BCUT2D eigenvalue weighted by molar-refractivity contribution is 7.62. The van der Waals surface area contributed by atoms with Crippen molar-refractivity contribution in [2.45, 2.75) is 26.1 Å². The number of hydrogen-bond donors (Lipinski definition) is 0. The van der Waals surface area contributed by atoms with E-state index < -0.39 is 31.6 Å². The third-order valence-electron chi connectivity index (χ3n) is 5.15. The largest absolute Gasteiger partial charge is 0.362 e. The second-order valence-corrected chi connectivity index (χ2v) is 9.47. The van der Waals surface area contributed by atoms with E-state index in [4.69, 9.17) is 9.05 Å². The molecule has 3 aromatic carbocycles. The van der Waals surface area contributed by atoms with Crippen LogP contribution < -0.4 is 5.30 Å². The van der Waals surface area contributed by atoms with E-state index in [0.29, 0.717) is 5.30 Å². The van der Waals surface area contributed by atoms with E-state index in [1.165, 1.54) is 0 Å². The van der Waals surface area contributed by atoms with Crippen molar-refractivity contribution in [1.82, 2.24) is 0 Å². The molecular weight excluding hydrogens is 419 g/mol. The number of hydrogen-bond acceptors (Lipinski definition) is 5. The molecule has 0 aliphatic heterocycles. The van der Waals surface area contributed by atoms with E-state index in [0.717, 1.165) is 11.1 Å². The van der Waals surface area contributed by atoms with Crippen LogP contribution in [0, 0.1) is 34.5 Å². The molecule has 0 fully saturated rings. The van der Waals surface area contributed by atoms with E-state index in [-0.39, 0.29) is 0 Å². The molecule has 0 aliphatic rings. The van der Waals surface area contributed by atoms with Crippen LogP contribution >= 0.6 is 7.60 Å². The third-order valence-corrected chi connectivity index (χ3v) is 7.09. The van der Waals surface area contributed by atoms with Gasteiger partial charge in [-0.1, -0.05) is 78.9 Å². The summed E-state index contributed by atoms with van der Waals surface area (Å²) < 4.78 is 26.8. The molecule has 162 valence electrons. The van der Waals surface area contributed by atoms with Crippen LogP contribution in [-0.4, -0.2) is 0 Å². The minimum atomic E-state index is -3.95. The summed E-state index contributed by atoms with van der Waals surface area (Å²) in [5, 5.41) is 19.6. The number of benzene rings is 3. The molecule has 6 heteroatoms. The van der Waals surface area contributed by atoms with Gasteiger partial charge in [-0.05, 0) is 37.1 Å². The van der Waals surface area contributed by atoms with Crippen molar-refractivity contribution < 1.29 is 13.6 Å². The lowest BCUT2D eigenvalue weighted by Crippen LogP contribution is -2.21. The van der Waals surface area contributed by atoms with Crippen LogP contribution in [0.25, 0.3) is 0 Å². The first-order valence-corrected chi connectivity index (χ1v) is 11.9. The third kappa shape index (κ3) is 5.52. The van der Waals surface area contributed by atoms with Crippen molar-refractivity contribution in [3.63, 3.8) is 0 Å². The molecule has 0 aliphatic carbocycles. The summed E-state index contributed by atoms with van der Waals surface area (Å²) in [6.07, 6.45) is -1.55. The normalized spacial score (nSPS) is 15.0. The topological polar surface area (TPSA) is 83.1 Å². The maximum absolute atomic E-state index is 14.4. The van der Waals surface area contributed by atoms with Gasteiger partial charge in [0, 0.05) is 0 Å². The Bertz CT molecular complexity index is 1050. The monoisotopic (exact) mass is 444 g/mol. The molecule has 32 heavy (non-hydrogen) atoms. The van der Waals surface area contributed by atoms with Gasteiger partial charge in [0.1, 0.15) is 12.2 Å². The summed E-state index contributed by atoms with van der Waals surface area (Å²) in [7, 11) is -3.95. The Morgan fingerprint density at radius 1 is 0.656 bits per heavy atom. The lowest BCUT2D eigenvalue weighted by molar-refractivity contribution is 0.0911. The van der Waals surface area contributed by atoms with Crippen molar-refractivity contribution >= 4 is 12.9 Å². The minimum absolute atomic E-state index is 0.372. The van der Waals surface area contributed by atoms with Gasteiger partial charge < -0.3 is 0 Å². The Kier molecular flexibility index (Phi) is 7.98. The van der Waals surface area contributed by atoms with E-state index in [9.17, 15) is 15.1 Å². The first-order valence-electron chi connectivity index (χ1n) is 10.4. The quantitative estimate of drug-likeness (QED) is 0.360. The van der Waals surface area contributed by atoms with Crippen LogP contribution in [0.2, 0.25) is 0 Å². The van der Waals surface area contributed by atoms with Gasteiger partial charge in [-0.25, -0.2) is 0 Å². The number of nitriles is 2. The molecule has 0 bridgehead atoms. The van der Waals surface area contributed by atoms with Crippen LogP contribution in [0.5, 0.6) is 0 Å². The first-order chi connectivity index (χ1) is 15.5. The van der Waals surface area contributed by atoms with Crippen LogP contribution in [0.4, 0.5) is 0 Å². The van der Waals surface area contributed by atoms with Gasteiger partial charge in [0.2, 0.25) is 0 Å². The van der Waals surface area contributed by atoms with E-state index in [2.05, 4.69) is 12.1 Å². The molecule has 0 heterocycles. The zero-order chi connectivity index (χ0) is 23.0. The average molecular weight is 444 g/mol. The first kappa shape index (κ1) is 23.5. The minimum Gasteiger partial charge on any atom is -0.296 e. The molecule has 0 saturated heterocycles. The van der Waals surface area contributed by atoms with Gasteiger partial charge in [-0.2, -0.15) is 10.5 Å². The predicted octanol–water partition coefficient (Wildman–Crippen LogP) is 6.34. The SMILES string of the molecule is C[C@@H](C#N)[C@H](OP(=O)(O[C@H](c1ccccc1)[C@@H](C)C#N)c1ccccc1)c1ccccc1. The molecule has 0 aromatic heterocycles. The highest BCUT2D eigenvalue weighted by Crippen LogP contribution is 2.56. The van der Waals surface area contributed by atoms with Gasteiger partial charge in [0.15, 0.2) is 0 Å². The molecule has 0 amide bonds. The van der Waals surface area contributed by atoms with Crippen molar-refractivity contribution in [3.05, 3.63) is 102 Å². The Morgan fingerprint density at radius 2 is 1.00 bits per heavy atom. The fourth-order valence-electron chi connectivity index (χ4n) is 3.36. The summed E-state index contributed by atoms with van der Waals surface area (Å²) in [5.41, 5.74) is 1.46. The van der Waals surface area contributed by atoms with Crippen LogP contribution in [0.15, 0.2) is 91.0 Å². The Morgan fingerprint density at radius 3 is 1.34 bits per heavy atom. The Hall–Kier alpha value is -3.21. The molecule has 4 atom stereocenters. The maximum Gasteiger partial charge on any atom is 0.362 e. The molecule has 0 N–H and O–H groups in total. The van der Waals surface area contributed by atoms with Crippen molar-refractivity contribution in [1.29, 1.82) is 10.5 Å². The van der Waals surface area contributed by atoms with Crippen molar-refractivity contribution in [2.75, 3.05) is 0 Å². The number of nitrogens with zero attached hydrogens (tertiary/aromatic N) is 2. The van der Waals surface area contributed by atoms with E-state index in [1.807, 2.05) is 66.7 Å². The molecule has 0 unspecified atom stereocenters. The highest BCUT2D eigenvalue weighted by atomic mass is 31.2. The lowest BCUT2D eigenvalue weighted by Gasteiger charge is -2.30. The van der Waals surface area contributed by atoms with Crippen LogP contribution in [0.3, 0.4) is 0 Å². The highest BCUT2D eigenvalue weighted by Gasteiger charge is 2.38. The predicted molar refractivity (Wildman–Crippen MR) is 124 cm³/mol. The molecule has 0 saturated carbocycles. The second-order valence-electron chi connectivity index (χ2n) is 7.54. The van der Waals surface area contributed by atoms with Gasteiger partial charge in [0.25, 0.3) is 0 Å². The summed E-state index contributed by atoms with van der Waals surface area (Å²) in [5.74, 6) is -1.16. The van der Waals surface area contributed by atoms with Gasteiger partial charge in [-0.15, -0.1) is 0 Å². The summed E-state index contributed by atoms with van der Waals surface area (Å²) in [6, 6.07) is 31.5. The van der Waals surface area contributed by atoms with Crippen LogP contribution in [-0.2, 0) is 13.6 Å². The molecular formula is C26H25N2O3P. The zero-order valence-electron chi connectivity index (χ0n) is 18.0. The molecule has 0 radical (unpaired) electrons. The molecule has 3 rings (SSSR count). The van der Waals surface area contributed by atoms with Crippen molar-refractivity contribution in [3.8, 4) is 12.1 Å². The van der Waals surface area contributed by atoms with E-state index in [1.54, 1.807) is 38.1 Å². The number of rotatable bonds is 9. The smallest absolute Gasteiger partial charge is 0.296 e. The fourth-order valence-corrected chi connectivity index (χ4v) is 5.40. The van der Waals surface area contributed by atoms with Gasteiger partial charge >= 0.3 is 7.60 Å². The Balaban J connectivity index is 2.07. The van der Waals surface area contributed by atoms with Gasteiger partial charge in [-0.3, -0.25) is 13.6 Å². The average Bonchev–Trinajstić information content (AvgIpc) is 2.86. The summed E-state index contributed by atoms with van der Waals surface area (Å²) in [6.45, 7) is 3.44. The van der Waals surface area contributed by atoms with Crippen LogP contribution in [0.1, 0.15) is 37.2 Å². The maximum atomic E-state index is 14.4. The molecule has 3 aromatic rings. The summed E-state index contributed by atoms with van der Waals surface area (Å²) >= 11 is 0. The van der Waals surface area contributed by atoms with Crippen molar-refractivity contribution in [2.24, 2.45) is 11.8 Å². The molecule has 5 nitrogen and oxygen atoms in total. The van der Waals surface area contributed by atoms with E-state index >= 15 is 0 Å². The Labute approximate surface area is 189 Å². The fraction of sp³-hybridized carbons (Fsp3) is 0.231. The second kappa shape index (κ2) is 10.9. The standard InChI is InChI=1S/C26H25N2O3P/c1-20(18-27)25(22-12-6-3-7-13-22)30-32(29,24-16-10-5-11-17-24)31-26(21(2)19-28)23-14-8-4-9-15-23/h3-17,20-21,25-26H,1-2H3/t20-,21-,25-,26-/m0/s1. The zero-order valence-corrected chi connectivity index (χ0v) is 18.9.